The molecule has 0 aliphatic heterocycles. The van der Waals surface area contributed by atoms with E-state index in [0.29, 0.717) is 20.3 Å². The summed E-state index contributed by atoms with van der Waals surface area (Å²) in [6, 6.07) is 5.35. The maximum Gasteiger partial charge on any atom is 0.329 e. The van der Waals surface area contributed by atoms with Gasteiger partial charge in [0.15, 0.2) is 19.7 Å². The highest BCUT2D eigenvalue weighted by molar-refractivity contribution is 7.89. The third-order valence-electron chi connectivity index (χ3n) is 5.59. The van der Waals surface area contributed by atoms with Gasteiger partial charge in [-0.1, -0.05) is 13.8 Å². The van der Waals surface area contributed by atoms with E-state index in [9.17, 15) is 46.1 Å². The number of aromatic amines is 2. The number of nitrogens with two attached hydrogens (primary N) is 1. The number of sulfone groups is 2. The zero-order chi connectivity index (χ0) is 32.3. The highest BCUT2D eigenvalue weighted by Crippen LogP contribution is 2.21. The van der Waals surface area contributed by atoms with Gasteiger partial charge in [0.2, 0.25) is 0 Å². The molecule has 0 bridgehead atoms. The van der Waals surface area contributed by atoms with Crippen molar-refractivity contribution >= 4 is 52.9 Å². The van der Waals surface area contributed by atoms with Crippen LogP contribution in [0, 0.1) is 24.0 Å². The lowest BCUT2D eigenvalue weighted by Gasteiger charge is -2.07. The van der Waals surface area contributed by atoms with Gasteiger partial charge in [0.1, 0.15) is 11.8 Å². The lowest BCUT2D eigenvalue weighted by Crippen LogP contribution is -2.37. The van der Waals surface area contributed by atoms with Gasteiger partial charge in [-0.15, -0.1) is 0 Å². The van der Waals surface area contributed by atoms with E-state index >= 15 is 0 Å². The van der Waals surface area contributed by atoms with Crippen LogP contribution in [-0.4, -0.2) is 53.4 Å². The number of aryl methyl sites for hydroxylation is 2. The lowest BCUT2D eigenvalue weighted by molar-refractivity contribution is -0.385. The second kappa shape index (κ2) is 12.5. The van der Waals surface area contributed by atoms with E-state index in [1.54, 1.807) is 13.0 Å². The van der Waals surface area contributed by atoms with E-state index in [0.717, 1.165) is 24.1 Å². The molecule has 0 aliphatic carbocycles. The van der Waals surface area contributed by atoms with Gasteiger partial charge in [-0.05, 0) is 37.6 Å². The lowest BCUT2D eigenvalue weighted by atomic mass is 10.1. The fraction of sp³-hybridized carbons (Fsp3) is 0.333. The standard InChI is InChI=1S/C11H11N3O6S.C11H13N3O4S.C2H6/c1-6-3-8-7(4-9(6)14(17)18)10(15)13(11(16)12-8)5-21(2,19)20;1-6-3-9-7(4-8(6)12)10(15)14(11(16)13-9)5-19(2,17)18;1-2/h3-4H,5H2,1-2H3,(H,12,16);3-4H,5,12H2,1-2H3,(H,13,16);1-2H3. The molecule has 0 atom stereocenters. The number of anilines is 1. The zero-order valence-corrected chi connectivity index (χ0v) is 25.2. The maximum atomic E-state index is 12.2. The first-order valence-electron chi connectivity index (χ1n) is 12.1. The molecule has 0 aliphatic rings. The van der Waals surface area contributed by atoms with Gasteiger partial charge in [-0.25, -0.2) is 35.6 Å². The van der Waals surface area contributed by atoms with Crippen molar-refractivity contribution in [2.45, 2.75) is 39.4 Å². The first-order chi connectivity index (χ1) is 19.3. The predicted octanol–water partition coefficient (Wildman–Crippen LogP) is 0.517. The highest BCUT2D eigenvalue weighted by Gasteiger charge is 2.18. The molecule has 0 saturated carbocycles. The van der Waals surface area contributed by atoms with Crippen molar-refractivity contribution in [2.24, 2.45) is 0 Å². The Labute approximate surface area is 238 Å². The summed E-state index contributed by atoms with van der Waals surface area (Å²) in [6.45, 7) is 7.22. The Morgan fingerprint density at radius 1 is 0.762 bits per heavy atom. The first-order valence-corrected chi connectivity index (χ1v) is 16.2. The molecule has 42 heavy (non-hydrogen) atoms. The van der Waals surface area contributed by atoms with Crippen LogP contribution >= 0.6 is 0 Å². The number of nitrogen functional groups attached to an aromatic ring is 1. The van der Waals surface area contributed by atoms with Gasteiger partial charge in [-0.3, -0.25) is 19.7 Å². The number of rotatable bonds is 5. The molecule has 16 nitrogen and oxygen atoms in total. The average molecular weight is 627 g/mol. The Kier molecular flexibility index (Phi) is 10.0. The van der Waals surface area contributed by atoms with E-state index in [1.807, 2.05) is 13.8 Å². The average Bonchev–Trinajstić information content (AvgIpc) is 2.86. The Balaban J connectivity index is 0.000000278. The van der Waals surface area contributed by atoms with Crippen molar-refractivity contribution in [1.82, 2.24) is 19.1 Å². The van der Waals surface area contributed by atoms with Crippen molar-refractivity contribution in [3.8, 4) is 0 Å². The fourth-order valence-electron chi connectivity index (χ4n) is 3.72. The Bertz CT molecular complexity index is 2160. The van der Waals surface area contributed by atoms with E-state index in [1.165, 1.54) is 19.1 Å². The summed E-state index contributed by atoms with van der Waals surface area (Å²) >= 11 is 0. The topological polar surface area (TPSA) is 247 Å². The van der Waals surface area contributed by atoms with Crippen LogP contribution in [0.5, 0.6) is 0 Å². The number of nitrogens with one attached hydrogen (secondary N) is 2. The van der Waals surface area contributed by atoms with E-state index in [4.69, 9.17) is 5.73 Å². The fourth-order valence-corrected chi connectivity index (χ4v) is 5.13. The Morgan fingerprint density at radius 2 is 1.14 bits per heavy atom. The quantitative estimate of drug-likeness (QED) is 0.156. The van der Waals surface area contributed by atoms with Crippen LogP contribution in [0.4, 0.5) is 11.4 Å². The third kappa shape index (κ3) is 7.78. The molecule has 0 amide bonds. The molecule has 2 aromatic carbocycles. The second-order valence-corrected chi connectivity index (χ2v) is 13.4. The number of nitro benzene ring substituents is 1. The molecule has 4 rings (SSSR count). The number of aromatic nitrogens is 4. The van der Waals surface area contributed by atoms with Gasteiger partial charge < -0.3 is 15.7 Å². The number of fused-ring (bicyclic) bond motifs is 2. The maximum absolute atomic E-state index is 12.2. The highest BCUT2D eigenvalue weighted by atomic mass is 32.2. The zero-order valence-electron chi connectivity index (χ0n) is 23.5. The number of H-pyrrole nitrogens is 2. The van der Waals surface area contributed by atoms with Gasteiger partial charge in [0.25, 0.3) is 16.8 Å². The van der Waals surface area contributed by atoms with Gasteiger partial charge in [0.05, 0.1) is 26.7 Å². The Hall–Kier alpha value is -4.58. The second-order valence-electron chi connectivity index (χ2n) is 9.13. The molecule has 4 aromatic rings. The minimum absolute atomic E-state index is 0.115. The molecule has 2 aromatic heterocycles. The van der Waals surface area contributed by atoms with Crippen LogP contribution in [0.2, 0.25) is 0 Å². The molecule has 2 heterocycles. The van der Waals surface area contributed by atoms with Gasteiger partial charge >= 0.3 is 11.4 Å². The summed E-state index contributed by atoms with van der Waals surface area (Å²) in [5.74, 6) is -1.45. The van der Waals surface area contributed by atoms with Crippen LogP contribution in [-0.2, 0) is 31.4 Å². The molecule has 0 unspecified atom stereocenters. The number of benzene rings is 2. The molecule has 0 spiro atoms. The van der Waals surface area contributed by atoms with E-state index < -0.39 is 58.8 Å². The summed E-state index contributed by atoms with van der Waals surface area (Å²) < 4.78 is 46.1. The van der Waals surface area contributed by atoms with Gasteiger partial charge in [0, 0.05) is 29.8 Å². The predicted molar refractivity (Wildman–Crippen MR) is 159 cm³/mol. The van der Waals surface area contributed by atoms with Crippen LogP contribution in [0.15, 0.2) is 43.4 Å². The van der Waals surface area contributed by atoms with E-state index in [2.05, 4.69) is 9.97 Å². The molecule has 0 fully saturated rings. The van der Waals surface area contributed by atoms with Crippen molar-refractivity contribution in [3.05, 3.63) is 87.2 Å². The normalized spacial score (nSPS) is 11.4. The smallest absolute Gasteiger partial charge is 0.329 e. The summed E-state index contributed by atoms with van der Waals surface area (Å²) in [4.78, 5) is 62.9. The molecule has 0 saturated heterocycles. The number of nitrogens with zero attached hydrogens (tertiary/aromatic N) is 3. The molecule has 0 radical (unpaired) electrons. The molecule has 18 heteroatoms. The van der Waals surface area contributed by atoms with Crippen molar-refractivity contribution in [1.29, 1.82) is 0 Å². The van der Waals surface area contributed by atoms with Crippen LogP contribution < -0.4 is 28.2 Å². The van der Waals surface area contributed by atoms with Crippen molar-refractivity contribution in [2.75, 3.05) is 18.2 Å². The summed E-state index contributed by atoms with van der Waals surface area (Å²) in [5, 5.41) is 11.0. The number of hydrogen-bond donors (Lipinski definition) is 3. The summed E-state index contributed by atoms with van der Waals surface area (Å²) in [6.07, 6.45) is 1.83. The minimum atomic E-state index is -3.62. The van der Waals surface area contributed by atoms with Gasteiger partial charge in [-0.2, -0.15) is 0 Å². The Morgan fingerprint density at radius 3 is 1.52 bits per heavy atom. The van der Waals surface area contributed by atoms with Crippen LogP contribution in [0.1, 0.15) is 25.0 Å². The molecular weight excluding hydrogens is 596 g/mol. The van der Waals surface area contributed by atoms with E-state index in [-0.39, 0.29) is 27.5 Å². The molecule has 4 N–H and O–H groups in total. The van der Waals surface area contributed by atoms with Crippen LogP contribution in [0.25, 0.3) is 21.8 Å². The molecule has 228 valence electrons. The van der Waals surface area contributed by atoms with Crippen LogP contribution in [0.3, 0.4) is 0 Å². The van der Waals surface area contributed by atoms with Crippen molar-refractivity contribution < 1.29 is 21.8 Å². The first kappa shape index (κ1) is 33.6. The van der Waals surface area contributed by atoms with Crippen molar-refractivity contribution in [3.63, 3.8) is 0 Å². The summed E-state index contributed by atoms with van der Waals surface area (Å²) in [5.41, 5.74) is 4.11. The SMILES string of the molecule is CC.Cc1cc2[nH]c(=O)n(CS(C)(=O)=O)c(=O)c2cc1N.Cc1cc2[nH]c(=O)n(CS(C)(=O)=O)c(=O)c2cc1[N+](=O)[O-]. The molecular formula is C24H30N6O10S2. The minimum Gasteiger partial charge on any atom is -0.398 e. The third-order valence-corrected chi connectivity index (χ3v) is 7.05. The largest absolute Gasteiger partial charge is 0.398 e. The summed E-state index contributed by atoms with van der Waals surface area (Å²) in [7, 11) is -7.11. The monoisotopic (exact) mass is 626 g/mol. The number of hydrogen-bond acceptors (Lipinski definition) is 11. The number of nitro groups is 1.